The lowest BCUT2D eigenvalue weighted by atomic mass is 9.95. The van der Waals surface area contributed by atoms with Crippen LogP contribution in [0.4, 0.5) is 0 Å². The summed E-state index contributed by atoms with van der Waals surface area (Å²) in [6.45, 7) is 10.1. The van der Waals surface area contributed by atoms with Gasteiger partial charge >= 0.3 is 0 Å². The second-order valence-corrected chi connectivity index (χ2v) is 5.18. The number of primary amides is 1. The zero-order valence-electron chi connectivity index (χ0n) is 9.74. The van der Waals surface area contributed by atoms with Crippen LogP contribution in [0.3, 0.4) is 0 Å². The highest BCUT2D eigenvalue weighted by Crippen LogP contribution is 2.25. The third-order valence-corrected chi connectivity index (χ3v) is 3.27. The van der Waals surface area contributed by atoms with Crippen LogP contribution in [0, 0.1) is 5.92 Å². The van der Waals surface area contributed by atoms with Crippen molar-refractivity contribution in [2.75, 3.05) is 0 Å². The quantitative estimate of drug-likeness (QED) is 0.707. The van der Waals surface area contributed by atoms with E-state index in [9.17, 15) is 4.79 Å². The van der Waals surface area contributed by atoms with Crippen molar-refractivity contribution in [3.8, 4) is 0 Å². The molecule has 0 saturated carbocycles. The summed E-state index contributed by atoms with van der Waals surface area (Å²) in [5, 5.41) is 0. The largest absolute Gasteiger partial charge is 0.368 e. The maximum atomic E-state index is 11.3. The first-order valence-electron chi connectivity index (χ1n) is 4.99. The van der Waals surface area contributed by atoms with Gasteiger partial charge in [-0.15, -0.1) is 0 Å². The standard InChI is InChI=1S/C10H22N2OS/c1-6-7(2)8(9(11)13)12(14)10(3,4)5/h7-8,14H,6H2,1-5H3,(H2,11,13)/t7-,8?/m0/s1. The molecule has 0 saturated heterocycles. The number of thiol groups is 1. The highest BCUT2D eigenvalue weighted by Gasteiger charge is 2.33. The van der Waals surface area contributed by atoms with Crippen LogP contribution in [-0.2, 0) is 4.79 Å². The van der Waals surface area contributed by atoms with Crippen LogP contribution in [0.25, 0.3) is 0 Å². The molecule has 0 aromatic rings. The van der Waals surface area contributed by atoms with E-state index >= 15 is 0 Å². The Kier molecular flexibility index (Phi) is 4.95. The molecule has 0 fully saturated rings. The number of nitrogens with zero attached hydrogens (tertiary/aromatic N) is 1. The van der Waals surface area contributed by atoms with Gasteiger partial charge in [-0.2, -0.15) is 0 Å². The van der Waals surface area contributed by atoms with Crippen molar-refractivity contribution in [2.45, 2.75) is 52.6 Å². The molecule has 0 aromatic carbocycles. The van der Waals surface area contributed by atoms with Crippen LogP contribution >= 0.6 is 12.8 Å². The molecule has 84 valence electrons. The fourth-order valence-electron chi connectivity index (χ4n) is 1.28. The van der Waals surface area contributed by atoms with Gasteiger partial charge in [0.2, 0.25) is 5.91 Å². The first-order valence-corrected chi connectivity index (χ1v) is 5.39. The Labute approximate surface area is 92.6 Å². The SMILES string of the molecule is CC[C@H](C)C(C(N)=O)N(S)C(C)(C)C. The number of hydrogen-bond acceptors (Lipinski definition) is 3. The van der Waals surface area contributed by atoms with Gasteiger partial charge < -0.3 is 5.73 Å². The average Bonchev–Trinajstić information content (AvgIpc) is 2.01. The van der Waals surface area contributed by atoms with E-state index in [4.69, 9.17) is 5.73 Å². The Morgan fingerprint density at radius 1 is 1.50 bits per heavy atom. The topological polar surface area (TPSA) is 46.3 Å². The molecule has 2 N–H and O–H groups in total. The van der Waals surface area contributed by atoms with E-state index in [1.54, 1.807) is 4.31 Å². The van der Waals surface area contributed by atoms with Gasteiger partial charge in [0.05, 0.1) is 0 Å². The first-order chi connectivity index (χ1) is 6.21. The molecule has 0 aliphatic carbocycles. The third kappa shape index (κ3) is 3.50. The van der Waals surface area contributed by atoms with Crippen LogP contribution in [-0.4, -0.2) is 21.8 Å². The molecule has 14 heavy (non-hydrogen) atoms. The van der Waals surface area contributed by atoms with Gasteiger partial charge in [-0.3, -0.25) is 4.79 Å². The van der Waals surface area contributed by atoms with Crippen molar-refractivity contribution in [1.82, 2.24) is 4.31 Å². The van der Waals surface area contributed by atoms with E-state index < -0.39 is 0 Å². The number of hydrogen-bond donors (Lipinski definition) is 2. The lowest BCUT2D eigenvalue weighted by molar-refractivity contribution is -0.124. The summed E-state index contributed by atoms with van der Waals surface area (Å²) in [7, 11) is 0. The summed E-state index contributed by atoms with van der Waals surface area (Å²) in [4.78, 5) is 11.3. The van der Waals surface area contributed by atoms with Crippen molar-refractivity contribution in [1.29, 1.82) is 0 Å². The number of rotatable bonds is 4. The van der Waals surface area contributed by atoms with Crippen LogP contribution in [0.1, 0.15) is 41.0 Å². The van der Waals surface area contributed by atoms with Gasteiger partial charge in [0.15, 0.2) is 0 Å². The first kappa shape index (κ1) is 13.8. The predicted molar refractivity (Wildman–Crippen MR) is 63.0 cm³/mol. The average molecular weight is 218 g/mol. The van der Waals surface area contributed by atoms with Crippen molar-refractivity contribution >= 4 is 18.7 Å². The zero-order chi connectivity index (χ0) is 11.5. The maximum absolute atomic E-state index is 11.3. The molecule has 0 aromatic heterocycles. The Bertz CT molecular complexity index is 201. The smallest absolute Gasteiger partial charge is 0.235 e. The van der Waals surface area contributed by atoms with Gasteiger partial charge in [-0.05, 0) is 26.7 Å². The van der Waals surface area contributed by atoms with Crippen LogP contribution in [0.2, 0.25) is 0 Å². The third-order valence-electron chi connectivity index (χ3n) is 2.43. The fraction of sp³-hybridized carbons (Fsp3) is 0.900. The minimum atomic E-state index is -0.302. The Morgan fingerprint density at radius 3 is 2.14 bits per heavy atom. The van der Waals surface area contributed by atoms with E-state index in [-0.39, 0.29) is 23.4 Å². The fourth-order valence-corrected chi connectivity index (χ4v) is 1.62. The molecule has 1 unspecified atom stereocenters. The van der Waals surface area contributed by atoms with E-state index in [0.29, 0.717) is 0 Å². The van der Waals surface area contributed by atoms with Gasteiger partial charge in [0, 0.05) is 5.54 Å². The minimum Gasteiger partial charge on any atom is -0.368 e. The molecule has 1 amide bonds. The van der Waals surface area contributed by atoms with Crippen LogP contribution < -0.4 is 5.73 Å². The van der Waals surface area contributed by atoms with Crippen LogP contribution in [0.5, 0.6) is 0 Å². The summed E-state index contributed by atoms with van der Waals surface area (Å²) >= 11 is 4.37. The van der Waals surface area contributed by atoms with Crippen molar-refractivity contribution < 1.29 is 4.79 Å². The highest BCUT2D eigenvalue weighted by atomic mass is 32.1. The van der Waals surface area contributed by atoms with Gasteiger partial charge in [-0.1, -0.05) is 33.1 Å². The molecule has 0 rings (SSSR count). The molecular weight excluding hydrogens is 196 g/mol. The lowest BCUT2D eigenvalue weighted by Crippen LogP contribution is -2.51. The second kappa shape index (κ2) is 5.03. The maximum Gasteiger partial charge on any atom is 0.235 e. The molecule has 0 spiro atoms. The van der Waals surface area contributed by atoms with E-state index in [0.717, 1.165) is 6.42 Å². The Hall–Kier alpha value is -0.220. The minimum absolute atomic E-state index is 0.160. The number of carbonyl (C=O) groups excluding carboxylic acids is 1. The van der Waals surface area contributed by atoms with Crippen molar-refractivity contribution in [2.24, 2.45) is 11.7 Å². The Morgan fingerprint density at radius 2 is 1.93 bits per heavy atom. The molecule has 4 heteroatoms. The van der Waals surface area contributed by atoms with E-state index in [2.05, 4.69) is 12.8 Å². The molecule has 0 bridgehead atoms. The molecule has 0 aliphatic rings. The molecule has 0 aliphatic heterocycles. The molecule has 0 radical (unpaired) electrons. The van der Waals surface area contributed by atoms with E-state index in [1.165, 1.54) is 0 Å². The number of nitrogens with two attached hydrogens (primary N) is 1. The lowest BCUT2D eigenvalue weighted by Gasteiger charge is -2.38. The van der Waals surface area contributed by atoms with Crippen LogP contribution in [0.15, 0.2) is 0 Å². The Balaban J connectivity index is 4.75. The second-order valence-electron chi connectivity index (χ2n) is 4.75. The number of amides is 1. The van der Waals surface area contributed by atoms with E-state index in [1.807, 2.05) is 34.6 Å². The zero-order valence-corrected chi connectivity index (χ0v) is 10.6. The predicted octanol–water partition coefficient (Wildman–Crippen LogP) is 1.83. The summed E-state index contributed by atoms with van der Waals surface area (Å²) in [5.41, 5.74) is 5.22. The molecular formula is C10H22N2OS. The molecule has 3 nitrogen and oxygen atoms in total. The van der Waals surface area contributed by atoms with Crippen molar-refractivity contribution in [3.63, 3.8) is 0 Å². The summed E-state index contributed by atoms with van der Waals surface area (Å²) in [5.74, 6) is -0.0755. The summed E-state index contributed by atoms with van der Waals surface area (Å²) < 4.78 is 1.75. The normalized spacial score (nSPS) is 16.8. The van der Waals surface area contributed by atoms with Gasteiger partial charge in [-0.25, -0.2) is 4.31 Å². The molecule has 0 heterocycles. The monoisotopic (exact) mass is 218 g/mol. The summed E-state index contributed by atoms with van der Waals surface area (Å²) in [6, 6.07) is -0.302. The number of carbonyl (C=O) groups is 1. The van der Waals surface area contributed by atoms with Gasteiger partial charge in [0.25, 0.3) is 0 Å². The van der Waals surface area contributed by atoms with Crippen molar-refractivity contribution in [3.05, 3.63) is 0 Å². The molecule has 2 atom stereocenters. The van der Waals surface area contributed by atoms with Gasteiger partial charge in [0.1, 0.15) is 6.04 Å². The summed E-state index contributed by atoms with van der Waals surface area (Å²) in [6.07, 6.45) is 0.917. The highest BCUT2D eigenvalue weighted by molar-refractivity contribution is 7.77.